The Balaban J connectivity index is 1.83. The zero-order valence-electron chi connectivity index (χ0n) is 15.0. The largest absolute Gasteiger partial charge is 0.491 e. The summed E-state index contributed by atoms with van der Waals surface area (Å²) in [4.78, 5) is 25.4. The van der Waals surface area contributed by atoms with Gasteiger partial charge in [-0.25, -0.2) is 9.48 Å². The van der Waals surface area contributed by atoms with Crippen LogP contribution in [0.25, 0.3) is 5.69 Å². The number of rotatable bonds is 5. The molecule has 8 heteroatoms. The maximum Gasteiger partial charge on any atom is 0.326 e. The van der Waals surface area contributed by atoms with E-state index in [2.05, 4.69) is 10.3 Å². The number of benzene rings is 1. The number of nitrogens with zero attached hydrogens (tertiary/aromatic N) is 4. The highest BCUT2D eigenvalue weighted by molar-refractivity contribution is 5.96. The number of ether oxygens (including phenoxy) is 1. The van der Waals surface area contributed by atoms with E-state index in [4.69, 9.17) is 4.74 Å². The maximum absolute atomic E-state index is 12.7. The van der Waals surface area contributed by atoms with Crippen LogP contribution in [0.1, 0.15) is 42.9 Å². The van der Waals surface area contributed by atoms with Gasteiger partial charge in [-0.3, -0.25) is 4.79 Å². The van der Waals surface area contributed by atoms with Crippen LogP contribution in [-0.4, -0.2) is 55.6 Å². The molecule has 1 aliphatic heterocycles. The molecule has 1 aliphatic rings. The molecule has 0 bridgehead atoms. The van der Waals surface area contributed by atoms with Crippen molar-refractivity contribution in [2.75, 3.05) is 6.54 Å². The lowest BCUT2D eigenvalue weighted by atomic mass is 10.2. The highest BCUT2D eigenvalue weighted by Gasteiger charge is 2.36. The predicted octanol–water partition coefficient (Wildman–Crippen LogP) is 2.05. The zero-order valence-corrected chi connectivity index (χ0v) is 15.0. The second-order valence-electron chi connectivity index (χ2n) is 6.59. The van der Waals surface area contributed by atoms with Gasteiger partial charge in [-0.2, -0.15) is 0 Å². The van der Waals surface area contributed by atoms with Crippen LogP contribution >= 0.6 is 0 Å². The molecule has 0 aliphatic carbocycles. The van der Waals surface area contributed by atoms with Crippen molar-refractivity contribution in [1.82, 2.24) is 19.9 Å². The first-order valence-corrected chi connectivity index (χ1v) is 8.61. The number of likely N-dealkylation sites (tertiary alicyclic amines) is 1. The van der Waals surface area contributed by atoms with Gasteiger partial charge in [-0.05, 0) is 57.9 Å². The molecule has 2 aromatic rings. The van der Waals surface area contributed by atoms with E-state index in [0.29, 0.717) is 25.1 Å². The molecule has 0 spiro atoms. The standard InChI is InChI=1S/C18H22N4O4/c1-11(2)26-14-8-6-13(7-9-14)22-12(3)16(19-20-22)17(23)21-10-4-5-15(21)18(24)25/h6-9,11,15H,4-5,10H2,1-3H3,(H,24,25). The van der Waals surface area contributed by atoms with Gasteiger partial charge in [0.15, 0.2) is 5.69 Å². The predicted molar refractivity (Wildman–Crippen MR) is 93.6 cm³/mol. The van der Waals surface area contributed by atoms with Crippen molar-refractivity contribution in [3.63, 3.8) is 0 Å². The van der Waals surface area contributed by atoms with E-state index >= 15 is 0 Å². The van der Waals surface area contributed by atoms with E-state index < -0.39 is 17.9 Å². The Bertz CT molecular complexity index is 813. The number of carbonyl (C=O) groups excluding carboxylic acids is 1. The Hall–Kier alpha value is -2.90. The smallest absolute Gasteiger partial charge is 0.326 e. The molecule has 138 valence electrons. The van der Waals surface area contributed by atoms with Gasteiger partial charge in [0.05, 0.1) is 17.5 Å². The summed E-state index contributed by atoms with van der Waals surface area (Å²) in [6.45, 7) is 6.08. The van der Waals surface area contributed by atoms with Gasteiger partial charge in [-0.1, -0.05) is 5.21 Å². The van der Waals surface area contributed by atoms with Gasteiger partial charge < -0.3 is 14.7 Å². The fraction of sp³-hybridized carbons (Fsp3) is 0.444. The summed E-state index contributed by atoms with van der Waals surface area (Å²) in [6, 6.07) is 6.55. The SMILES string of the molecule is Cc1c(C(=O)N2CCCC2C(=O)O)nnn1-c1ccc(OC(C)C)cc1. The minimum Gasteiger partial charge on any atom is -0.491 e. The second-order valence-corrected chi connectivity index (χ2v) is 6.59. The summed E-state index contributed by atoms with van der Waals surface area (Å²) in [7, 11) is 0. The molecule has 2 heterocycles. The summed E-state index contributed by atoms with van der Waals surface area (Å²) in [5.41, 5.74) is 1.51. The first-order chi connectivity index (χ1) is 12.4. The molecule has 1 N–H and O–H groups in total. The van der Waals surface area contributed by atoms with E-state index in [-0.39, 0.29) is 11.8 Å². The third-order valence-corrected chi connectivity index (χ3v) is 4.35. The van der Waals surface area contributed by atoms with Crippen LogP contribution < -0.4 is 4.74 Å². The second kappa shape index (κ2) is 7.15. The Morgan fingerprint density at radius 2 is 1.96 bits per heavy atom. The Kier molecular flexibility index (Phi) is 4.92. The monoisotopic (exact) mass is 358 g/mol. The van der Waals surface area contributed by atoms with Crippen molar-refractivity contribution in [2.24, 2.45) is 0 Å². The molecule has 1 aromatic carbocycles. The summed E-state index contributed by atoms with van der Waals surface area (Å²) in [5, 5.41) is 17.3. The van der Waals surface area contributed by atoms with Crippen molar-refractivity contribution >= 4 is 11.9 Å². The summed E-state index contributed by atoms with van der Waals surface area (Å²) >= 11 is 0. The van der Waals surface area contributed by atoms with E-state index in [9.17, 15) is 14.7 Å². The molecule has 0 saturated carbocycles. The van der Waals surface area contributed by atoms with Crippen LogP contribution in [0, 0.1) is 6.92 Å². The number of aliphatic carboxylic acids is 1. The minimum atomic E-state index is -0.985. The van der Waals surface area contributed by atoms with Crippen LogP contribution in [0.4, 0.5) is 0 Å². The van der Waals surface area contributed by atoms with Crippen LogP contribution in [0.3, 0.4) is 0 Å². The van der Waals surface area contributed by atoms with Crippen molar-refractivity contribution in [3.8, 4) is 11.4 Å². The van der Waals surface area contributed by atoms with Crippen molar-refractivity contribution in [3.05, 3.63) is 35.7 Å². The lowest BCUT2D eigenvalue weighted by Gasteiger charge is -2.20. The number of aromatic nitrogens is 3. The topological polar surface area (TPSA) is 97.5 Å². The lowest BCUT2D eigenvalue weighted by Crippen LogP contribution is -2.40. The molecule has 8 nitrogen and oxygen atoms in total. The molecule has 0 radical (unpaired) electrons. The fourth-order valence-electron chi connectivity index (χ4n) is 3.11. The van der Waals surface area contributed by atoms with Crippen molar-refractivity contribution < 1.29 is 19.4 Å². The molecule has 1 fully saturated rings. The van der Waals surface area contributed by atoms with Gasteiger partial charge in [0, 0.05) is 6.54 Å². The highest BCUT2D eigenvalue weighted by atomic mass is 16.5. The molecule has 3 rings (SSSR count). The van der Waals surface area contributed by atoms with E-state index in [0.717, 1.165) is 11.4 Å². The fourth-order valence-corrected chi connectivity index (χ4v) is 3.11. The highest BCUT2D eigenvalue weighted by Crippen LogP contribution is 2.22. The van der Waals surface area contributed by atoms with Gasteiger partial charge in [0.25, 0.3) is 5.91 Å². The van der Waals surface area contributed by atoms with E-state index in [1.807, 2.05) is 38.1 Å². The van der Waals surface area contributed by atoms with Crippen molar-refractivity contribution in [1.29, 1.82) is 0 Å². The van der Waals surface area contributed by atoms with E-state index in [1.54, 1.807) is 11.6 Å². The number of amides is 1. The van der Waals surface area contributed by atoms with E-state index in [1.165, 1.54) is 4.90 Å². The summed E-state index contributed by atoms with van der Waals surface area (Å²) < 4.78 is 7.19. The molecular weight excluding hydrogens is 336 g/mol. The average Bonchev–Trinajstić information content (AvgIpc) is 3.21. The third kappa shape index (κ3) is 3.40. The average molecular weight is 358 g/mol. The Labute approximate surface area is 151 Å². The Morgan fingerprint density at radius 3 is 2.58 bits per heavy atom. The number of hydrogen-bond donors (Lipinski definition) is 1. The van der Waals surface area contributed by atoms with Gasteiger partial charge in [-0.15, -0.1) is 5.10 Å². The van der Waals surface area contributed by atoms with Crippen LogP contribution in [-0.2, 0) is 4.79 Å². The summed E-state index contributed by atoms with van der Waals surface area (Å²) in [6.07, 6.45) is 1.22. The normalized spacial score (nSPS) is 16.9. The van der Waals surface area contributed by atoms with Crippen LogP contribution in [0.2, 0.25) is 0 Å². The van der Waals surface area contributed by atoms with Gasteiger partial charge >= 0.3 is 5.97 Å². The molecule has 26 heavy (non-hydrogen) atoms. The Morgan fingerprint density at radius 1 is 1.27 bits per heavy atom. The van der Waals surface area contributed by atoms with Crippen LogP contribution in [0.5, 0.6) is 5.75 Å². The number of carboxylic acid groups (broad SMARTS) is 1. The minimum absolute atomic E-state index is 0.0841. The van der Waals surface area contributed by atoms with Gasteiger partial charge in [0.2, 0.25) is 0 Å². The van der Waals surface area contributed by atoms with Crippen molar-refractivity contribution in [2.45, 2.75) is 45.8 Å². The first kappa shape index (κ1) is 17.9. The molecular formula is C18H22N4O4. The number of carbonyl (C=O) groups is 2. The summed E-state index contributed by atoms with van der Waals surface area (Å²) in [5.74, 6) is -0.626. The quantitative estimate of drug-likeness (QED) is 0.878. The first-order valence-electron chi connectivity index (χ1n) is 8.61. The van der Waals surface area contributed by atoms with Crippen LogP contribution in [0.15, 0.2) is 24.3 Å². The lowest BCUT2D eigenvalue weighted by molar-refractivity contribution is -0.141. The van der Waals surface area contributed by atoms with Gasteiger partial charge in [0.1, 0.15) is 11.8 Å². The number of carboxylic acids is 1. The maximum atomic E-state index is 12.7. The molecule has 1 atom stereocenters. The molecule has 1 aromatic heterocycles. The number of hydrogen-bond acceptors (Lipinski definition) is 5. The third-order valence-electron chi connectivity index (χ3n) is 4.35. The molecule has 1 unspecified atom stereocenters. The molecule has 1 amide bonds. The zero-order chi connectivity index (χ0) is 18.8. The molecule has 1 saturated heterocycles.